The molecule has 0 radical (unpaired) electrons. The SMILES string of the molecule is O=C(Cn1ccc(=O)[nH]c1=O)NCc1nnc2n1CCCCC2. The summed E-state index contributed by atoms with van der Waals surface area (Å²) >= 11 is 0. The van der Waals surface area contributed by atoms with Gasteiger partial charge in [-0.15, -0.1) is 10.2 Å². The average Bonchev–Trinajstić information content (AvgIpc) is 2.75. The van der Waals surface area contributed by atoms with Gasteiger partial charge in [0.15, 0.2) is 5.82 Å². The number of carbonyl (C=O) groups is 1. The van der Waals surface area contributed by atoms with E-state index in [1.165, 1.54) is 18.7 Å². The molecular weight excluding hydrogens is 300 g/mol. The maximum atomic E-state index is 12.0. The van der Waals surface area contributed by atoms with Crippen LogP contribution in [0.15, 0.2) is 21.9 Å². The fourth-order valence-electron chi connectivity index (χ4n) is 2.63. The number of aromatic amines is 1. The van der Waals surface area contributed by atoms with Crippen LogP contribution in [0.1, 0.15) is 30.9 Å². The van der Waals surface area contributed by atoms with Crippen LogP contribution in [0, 0.1) is 0 Å². The van der Waals surface area contributed by atoms with Crippen LogP contribution in [0.5, 0.6) is 0 Å². The van der Waals surface area contributed by atoms with Crippen molar-refractivity contribution in [1.29, 1.82) is 0 Å². The zero-order valence-corrected chi connectivity index (χ0v) is 12.6. The standard InChI is InChI=1S/C14H18N6O3/c21-12-5-7-19(14(23)16-12)9-13(22)15-8-11-18-17-10-4-2-1-3-6-20(10)11/h5,7H,1-4,6,8-9H2,(H,15,22)(H,16,21,23). The largest absolute Gasteiger partial charge is 0.347 e. The Kier molecular flexibility index (Phi) is 4.35. The predicted molar refractivity (Wildman–Crippen MR) is 80.7 cm³/mol. The number of fused-ring (bicyclic) bond motifs is 1. The second-order valence-electron chi connectivity index (χ2n) is 5.51. The molecule has 0 unspecified atom stereocenters. The van der Waals surface area contributed by atoms with E-state index in [1.54, 1.807) is 0 Å². The van der Waals surface area contributed by atoms with Gasteiger partial charge in [0.25, 0.3) is 5.56 Å². The zero-order valence-electron chi connectivity index (χ0n) is 12.6. The molecule has 0 spiro atoms. The highest BCUT2D eigenvalue weighted by molar-refractivity contribution is 5.75. The molecule has 122 valence electrons. The Morgan fingerprint density at radius 3 is 2.96 bits per heavy atom. The molecule has 0 bridgehead atoms. The molecular formula is C14H18N6O3. The van der Waals surface area contributed by atoms with Crippen LogP contribution < -0.4 is 16.6 Å². The monoisotopic (exact) mass is 318 g/mol. The van der Waals surface area contributed by atoms with Gasteiger partial charge in [-0.2, -0.15) is 0 Å². The number of H-pyrrole nitrogens is 1. The first-order chi connectivity index (χ1) is 11.1. The Balaban J connectivity index is 1.62. The number of aryl methyl sites for hydroxylation is 1. The lowest BCUT2D eigenvalue weighted by Gasteiger charge is -2.09. The van der Waals surface area contributed by atoms with Crippen molar-refractivity contribution < 1.29 is 4.79 Å². The third-order valence-corrected chi connectivity index (χ3v) is 3.84. The number of nitrogens with one attached hydrogen (secondary N) is 2. The van der Waals surface area contributed by atoms with Gasteiger partial charge in [0.1, 0.15) is 12.4 Å². The fourth-order valence-corrected chi connectivity index (χ4v) is 2.63. The molecule has 9 nitrogen and oxygen atoms in total. The van der Waals surface area contributed by atoms with Crippen LogP contribution in [0.25, 0.3) is 0 Å². The van der Waals surface area contributed by atoms with Gasteiger partial charge in [-0.05, 0) is 12.8 Å². The molecule has 3 rings (SSSR count). The molecule has 0 aromatic carbocycles. The molecule has 1 aliphatic rings. The lowest BCUT2D eigenvalue weighted by molar-refractivity contribution is -0.121. The Morgan fingerprint density at radius 1 is 1.26 bits per heavy atom. The molecule has 0 saturated heterocycles. The number of rotatable bonds is 4. The number of hydrogen-bond donors (Lipinski definition) is 2. The van der Waals surface area contributed by atoms with Crippen molar-refractivity contribution in [3.63, 3.8) is 0 Å². The number of nitrogens with zero attached hydrogens (tertiary/aromatic N) is 4. The quantitative estimate of drug-likeness (QED) is 0.763. The van der Waals surface area contributed by atoms with Crippen molar-refractivity contribution in [2.75, 3.05) is 0 Å². The van der Waals surface area contributed by atoms with E-state index in [9.17, 15) is 14.4 Å². The summed E-state index contributed by atoms with van der Waals surface area (Å²) in [7, 11) is 0. The van der Waals surface area contributed by atoms with Gasteiger partial charge in [-0.25, -0.2) is 4.79 Å². The molecule has 2 aromatic rings. The van der Waals surface area contributed by atoms with Gasteiger partial charge in [-0.3, -0.25) is 19.1 Å². The summed E-state index contributed by atoms with van der Waals surface area (Å²) in [5, 5.41) is 11.0. The average molecular weight is 318 g/mol. The van der Waals surface area contributed by atoms with Crippen molar-refractivity contribution in [3.05, 3.63) is 44.8 Å². The molecule has 9 heteroatoms. The summed E-state index contributed by atoms with van der Waals surface area (Å²) in [6.07, 6.45) is 5.57. The minimum atomic E-state index is -0.607. The van der Waals surface area contributed by atoms with Gasteiger partial charge >= 0.3 is 5.69 Å². The van der Waals surface area contributed by atoms with Gasteiger partial charge in [0.2, 0.25) is 5.91 Å². The molecule has 0 saturated carbocycles. The minimum absolute atomic E-state index is 0.156. The third kappa shape index (κ3) is 3.55. The predicted octanol–water partition coefficient (Wildman–Crippen LogP) is -0.829. The second-order valence-corrected chi connectivity index (χ2v) is 5.51. The Morgan fingerprint density at radius 2 is 2.13 bits per heavy atom. The lowest BCUT2D eigenvalue weighted by atomic mass is 10.2. The third-order valence-electron chi connectivity index (χ3n) is 3.84. The highest BCUT2D eigenvalue weighted by Gasteiger charge is 2.15. The number of amides is 1. The van der Waals surface area contributed by atoms with E-state index in [1.807, 2.05) is 0 Å². The van der Waals surface area contributed by atoms with Crippen molar-refractivity contribution in [1.82, 2.24) is 29.6 Å². The van der Waals surface area contributed by atoms with Gasteiger partial charge < -0.3 is 9.88 Å². The Hall–Kier alpha value is -2.71. The maximum Gasteiger partial charge on any atom is 0.328 e. The summed E-state index contributed by atoms with van der Waals surface area (Å²) in [5.41, 5.74) is -1.10. The first kappa shape index (κ1) is 15.2. The normalized spacial score (nSPS) is 14.1. The topological polar surface area (TPSA) is 115 Å². The highest BCUT2D eigenvalue weighted by Crippen LogP contribution is 2.14. The van der Waals surface area contributed by atoms with Crippen LogP contribution in [0.2, 0.25) is 0 Å². The number of carbonyl (C=O) groups excluding carboxylic acids is 1. The lowest BCUT2D eigenvalue weighted by Crippen LogP contribution is -2.35. The van der Waals surface area contributed by atoms with E-state index in [2.05, 4.69) is 25.1 Å². The van der Waals surface area contributed by atoms with Gasteiger partial charge in [0.05, 0.1) is 6.54 Å². The first-order valence-corrected chi connectivity index (χ1v) is 7.61. The van der Waals surface area contributed by atoms with Crippen molar-refractivity contribution in [2.24, 2.45) is 0 Å². The molecule has 0 atom stereocenters. The molecule has 2 N–H and O–H groups in total. The Bertz CT molecular complexity index is 818. The van der Waals surface area contributed by atoms with Crippen molar-refractivity contribution >= 4 is 5.91 Å². The molecule has 3 heterocycles. The maximum absolute atomic E-state index is 12.0. The van der Waals surface area contributed by atoms with Gasteiger partial charge in [0, 0.05) is 25.2 Å². The second kappa shape index (κ2) is 6.59. The fraction of sp³-hybridized carbons (Fsp3) is 0.500. The summed E-state index contributed by atoms with van der Waals surface area (Å²) in [6, 6.07) is 1.20. The molecule has 1 amide bonds. The number of aromatic nitrogens is 5. The van der Waals surface area contributed by atoms with E-state index in [4.69, 9.17) is 0 Å². The zero-order chi connectivity index (χ0) is 16.2. The van der Waals surface area contributed by atoms with Crippen molar-refractivity contribution in [2.45, 2.75) is 45.3 Å². The summed E-state index contributed by atoms with van der Waals surface area (Å²) in [6.45, 7) is 0.980. The summed E-state index contributed by atoms with van der Waals surface area (Å²) in [4.78, 5) is 36.6. The van der Waals surface area contributed by atoms with E-state index in [0.29, 0.717) is 0 Å². The molecule has 23 heavy (non-hydrogen) atoms. The number of hydrogen-bond acceptors (Lipinski definition) is 5. The molecule has 2 aromatic heterocycles. The van der Waals surface area contributed by atoms with E-state index >= 15 is 0 Å². The van der Waals surface area contributed by atoms with Crippen LogP contribution in [0.3, 0.4) is 0 Å². The van der Waals surface area contributed by atoms with Crippen molar-refractivity contribution in [3.8, 4) is 0 Å². The van der Waals surface area contributed by atoms with Crippen LogP contribution in [-0.2, 0) is 30.8 Å². The van der Waals surface area contributed by atoms with E-state index in [-0.39, 0.29) is 19.0 Å². The first-order valence-electron chi connectivity index (χ1n) is 7.61. The summed E-state index contributed by atoms with van der Waals surface area (Å²) in [5.74, 6) is 1.36. The van der Waals surface area contributed by atoms with Crippen LogP contribution in [-0.4, -0.2) is 30.2 Å². The smallest absolute Gasteiger partial charge is 0.328 e. The van der Waals surface area contributed by atoms with Crippen LogP contribution >= 0.6 is 0 Å². The van der Waals surface area contributed by atoms with Gasteiger partial charge in [-0.1, -0.05) is 6.42 Å². The molecule has 0 fully saturated rings. The molecule has 1 aliphatic heterocycles. The minimum Gasteiger partial charge on any atom is -0.347 e. The summed E-state index contributed by atoms with van der Waals surface area (Å²) < 4.78 is 3.19. The highest BCUT2D eigenvalue weighted by atomic mass is 16.2. The van der Waals surface area contributed by atoms with Crippen LogP contribution in [0.4, 0.5) is 0 Å². The van der Waals surface area contributed by atoms with E-state index < -0.39 is 11.2 Å². The molecule has 0 aliphatic carbocycles. The Labute approximate surface area is 131 Å². The van der Waals surface area contributed by atoms with E-state index in [0.717, 1.165) is 42.0 Å².